The monoisotopic (exact) mass is 702 g/mol. The Kier molecular flexibility index (Phi) is 7.17. The van der Waals surface area contributed by atoms with Crippen LogP contribution < -0.4 is 4.90 Å². The van der Waals surface area contributed by atoms with E-state index in [9.17, 15) is 0 Å². The highest BCUT2D eigenvalue weighted by Crippen LogP contribution is 2.42. The highest BCUT2D eigenvalue weighted by molar-refractivity contribution is 6.21. The molecule has 0 N–H and O–H groups in total. The first-order chi connectivity index (χ1) is 27.3. The Hall–Kier alpha value is -7.36. The maximum absolute atomic E-state index is 6.54. The zero-order valence-electron chi connectivity index (χ0n) is 29.9. The Morgan fingerprint density at radius 3 is 1.78 bits per heavy atom. The molecule has 0 aliphatic carbocycles. The molecule has 55 heavy (non-hydrogen) atoms. The quantitative estimate of drug-likeness (QED) is 0.172. The predicted octanol–water partition coefficient (Wildman–Crippen LogP) is 14.6. The molecule has 0 amide bonds. The molecule has 0 spiro atoms. The minimum atomic E-state index is 0.913. The van der Waals surface area contributed by atoms with E-state index < -0.39 is 0 Å². The highest BCUT2D eigenvalue weighted by atomic mass is 16.3. The van der Waals surface area contributed by atoms with Gasteiger partial charge in [0.05, 0.1) is 11.0 Å². The second kappa shape index (κ2) is 12.6. The summed E-state index contributed by atoms with van der Waals surface area (Å²) in [6.07, 6.45) is 0. The van der Waals surface area contributed by atoms with Crippen molar-refractivity contribution in [1.29, 1.82) is 0 Å². The van der Waals surface area contributed by atoms with Gasteiger partial charge in [0.15, 0.2) is 0 Å². The molecule has 0 aliphatic rings. The number of anilines is 3. The van der Waals surface area contributed by atoms with Crippen LogP contribution in [-0.2, 0) is 0 Å². The van der Waals surface area contributed by atoms with E-state index >= 15 is 0 Å². The van der Waals surface area contributed by atoms with Crippen LogP contribution >= 0.6 is 0 Å². The average Bonchev–Trinajstić information content (AvgIpc) is 3.80. The third-order valence-electron chi connectivity index (χ3n) is 10.9. The maximum Gasteiger partial charge on any atom is 0.143 e. The summed E-state index contributed by atoms with van der Waals surface area (Å²) in [6, 6.07) is 73.9. The number of aromatic nitrogens is 1. The highest BCUT2D eigenvalue weighted by Gasteiger charge is 2.18. The van der Waals surface area contributed by atoms with Crippen LogP contribution in [0, 0.1) is 0 Å². The molecule has 11 rings (SSSR count). The van der Waals surface area contributed by atoms with Gasteiger partial charge in [0.2, 0.25) is 0 Å². The van der Waals surface area contributed by atoms with Crippen LogP contribution in [0.3, 0.4) is 0 Å². The largest absolute Gasteiger partial charge is 0.455 e. The van der Waals surface area contributed by atoms with Gasteiger partial charge in [-0.15, -0.1) is 0 Å². The number of nitrogens with zero attached hydrogens (tertiary/aromatic N) is 2. The van der Waals surface area contributed by atoms with Crippen LogP contribution in [0.1, 0.15) is 0 Å². The Labute approximate surface area is 318 Å². The van der Waals surface area contributed by atoms with E-state index in [2.05, 4.69) is 210 Å². The van der Waals surface area contributed by atoms with Gasteiger partial charge < -0.3 is 13.9 Å². The fourth-order valence-corrected chi connectivity index (χ4v) is 8.34. The summed E-state index contributed by atoms with van der Waals surface area (Å²) in [5.41, 5.74) is 13.4. The second-order valence-corrected chi connectivity index (χ2v) is 14.2. The number of benzene rings is 9. The van der Waals surface area contributed by atoms with E-state index in [1.165, 1.54) is 32.9 Å². The van der Waals surface area contributed by atoms with Crippen LogP contribution in [0.4, 0.5) is 17.1 Å². The average molecular weight is 703 g/mol. The van der Waals surface area contributed by atoms with Crippen molar-refractivity contribution in [3.8, 4) is 27.9 Å². The van der Waals surface area contributed by atoms with Crippen LogP contribution in [0.15, 0.2) is 211 Å². The van der Waals surface area contributed by atoms with E-state index in [0.29, 0.717) is 0 Å². The van der Waals surface area contributed by atoms with E-state index in [1.807, 2.05) is 6.07 Å². The number of furan rings is 1. The van der Waals surface area contributed by atoms with Crippen LogP contribution in [0.2, 0.25) is 0 Å². The topological polar surface area (TPSA) is 21.3 Å². The zero-order chi connectivity index (χ0) is 36.3. The third-order valence-corrected chi connectivity index (χ3v) is 10.9. The summed E-state index contributed by atoms with van der Waals surface area (Å²) in [7, 11) is 0. The summed E-state index contributed by atoms with van der Waals surface area (Å²) >= 11 is 0. The van der Waals surface area contributed by atoms with Gasteiger partial charge in [0.25, 0.3) is 0 Å². The molecule has 0 atom stereocenters. The predicted molar refractivity (Wildman–Crippen MR) is 231 cm³/mol. The Morgan fingerprint density at radius 1 is 0.345 bits per heavy atom. The molecule has 0 radical (unpaired) electrons. The molecule has 0 saturated carbocycles. The molecule has 9 aromatic carbocycles. The van der Waals surface area contributed by atoms with E-state index in [-0.39, 0.29) is 0 Å². The van der Waals surface area contributed by atoms with Crippen molar-refractivity contribution >= 4 is 71.6 Å². The Balaban J connectivity index is 1.08. The molecule has 0 aliphatic heterocycles. The number of para-hydroxylation sites is 3. The molecule has 0 bridgehead atoms. The summed E-state index contributed by atoms with van der Waals surface area (Å²) in [4.78, 5) is 2.34. The minimum absolute atomic E-state index is 0.913. The zero-order valence-corrected chi connectivity index (χ0v) is 29.9. The van der Waals surface area contributed by atoms with Crippen molar-refractivity contribution in [3.63, 3.8) is 0 Å². The fourth-order valence-electron chi connectivity index (χ4n) is 8.34. The van der Waals surface area contributed by atoms with Crippen molar-refractivity contribution < 1.29 is 4.42 Å². The van der Waals surface area contributed by atoms with E-state index in [0.717, 1.165) is 66.6 Å². The first kappa shape index (κ1) is 31.2. The number of hydrogen-bond acceptors (Lipinski definition) is 2. The van der Waals surface area contributed by atoms with Gasteiger partial charge in [-0.3, -0.25) is 0 Å². The third kappa shape index (κ3) is 5.20. The Bertz CT molecular complexity index is 3180. The fraction of sp³-hybridized carbons (Fsp3) is 0. The first-order valence-corrected chi connectivity index (χ1v) is 18.8. The van der Waals surface area contributed by atoms with Crippen molar-refractivity contribution in [1.82, 2.24) is 4.57 Å². The smallest absolute Gasteiger partial charge is 0.143 e. The lowest BCUT2D eigenvalue weighted by molar-refractivity contribution is 0.672. The Morgan fingerprint density at radius 2 is 0.964 bits per heavy atom. The molecule has 258 valence electrons. The van der Waals surface area contributed by atoms with Crippen molar-refractivity contribution in [2.24, 2.45) is 0 Å². The minimum Gasteiger partial charge on any atom is -0.455 e. The molecule has 3 heteroatoms. The molecule has 2 aromatic heterocycles. The van der Waals surface area contributed by atoms with Crippen LogP contribution in [0.5, 0.6) is 0 Å². The van der Waals surface area contributed by atoms with Gasteiger partial charge in [0, 0.05) is 49.7 Å². The standard InChI is InChI=1S/C52H34N2O/c1-4-13-35(14-5-1)36-23-27-42(28-24-36)53(40-16-6-2-7-17-40)43-20-12-15-37(31-43)38-26-30-49-47(32-38)48-34-46-39(33-50(48)54(49)41-18-8-3-9-19-41)25-29-45-44-21-10-11-22-51(44)55-52(45)46/h1-34H. The molecular formula is C52H34N2O. The molecule has 3 nitrogen and oxygen atoms in total. The second-order valence-electron chi connectivity index (χ2n) is 14.2. The number of hydrogen-bond donors (Lipinski definition) is 0. The van der Waals surface area contributed by atoms with Gasteiger partial charge in [-0.25, -0.2) is 0 Å². The summed E-state index contributed by atoms with van der Waals surface area (Å²) in [5.74, 6) is 0. The van der Waals surface area contributed by atoms with Gasteiger partial charge in [-0.1, -0.05) is 121 Å². The van der Waals surface area contributed by atoms with Gasteiger partial charge in [-0.2, -0.15) is 0 Å². The van der Waals surface area contributed by atoms with Crippen LogP contribution in [0.25, 0.3) is 82.5 Å². The van der Waals surface area contributed by atoms with Gasteiger partial charge >= 0.3 is 0 Å². The SMILES string of the molecule is c1ccc(-c2ccc(N(c3ccccc3)c3cccc(-c4ccc5c(c4)c4cc6c(ccc7c8ccccc8oc67)cc4n5-c4ccccc4)c3)cc2)cc1. The molecule has 0 fully saturated rings. The van der Waals surface area contributed by atoms with Crippen molar-refractivity contribution in [2.45, 2.75) is 0 Å². The van der Waals surface area contributed by atoms with Crippen molar-refractivity contribution in [3.05, 3.63) is 206 Å². The first-order valence-electron chi connectivity index (χ1n) is 18.8. The molecular weight excluding hydrogens is 669 g/mol. The normalized spacial score (nSPS) is 11.6. The lowest BCUT2D eigenvalue weighted by atomic mass is 10.00. The van der Waals surface area contributed by atoms with E-state index in [1.54, 1.807) is 0 Å². The number of rotatable bonds is 6. The maximum atomic E-state index is 6.54. The summed E-state index contributed by atoms with van der Waals surface area (Å²) < 4.78 is 8.93. The van der Waals surface area contributed by atoms with Crippen molar-refractivity contribution in [2.75, 3.05) is 4.90 Å². The molecule has 0 unspecified atom stereocenters. The molecule has 11 aromatic rings. The summed E-state index contributed by atoms with van der Waals surface area (Å²) in [5, 5.41) is 6.96. The van der Waals surface area contributed by atoms with Crippen LogP contribution in [-0.4, -0.2) is 4.57 Å². The van der Waals surface area contributed by atoms with Gasteiger partial charge in [-0.05, 0) is 113 Å². The van der Waals surface area contributed by atoms with Gasteiger partial charge in [0.1, 0.15) is 11.2 Å². The number of fused-ring (bicyclic) bond motifs is 8. The van der Waals surface area contributed by atoms with E-state index in [4.69, 9.17) is 4.42 Å². The molecule has 2 heterocycles. The lowest BCUT2D eigenvalue weighted by Crippen LogP contribution is -2.09. The lowest BCUT2D eigenvalue weighted by Gasteiger charge is -2.26. The summed E-state index contributed by atoms with van der Waals surface area (Å²) in [6.45, 7) is 0. The molecule has 0 saturated heterocycles.